The van der Waals surface area contributed by atoms with Gasteiger partial charge in [-0.15, -0.1) is 0 Å². The number of nitrogens with one attached hydrogen (secondary N) is 1. The second-order valence-electron chi connectivity index (χ2n) is 4.46. The summed E-state index contributed by atoms with van der Waals surface area (Å²) >= 11 is 0. The molecule has 0 saturated carbocycles. The number of methoxy groups -OCH3 is 1. The third-order valence-electron chi connectivity index (χ3n) is 2.84. The third kappa shape index (κ3) is 3.43. The topological polar surface area (TPSA) is 50.8 Å². The highest BCUT2D eigenvalue weighted by Crippen LogP contribution is 2.20. The van der Waals surface area contributed by atoms with Crippen LogP contribution in [0, 0.1) is 0 Å². The largest absolute Gasteiger partial charge is 0.468 e. The zero-order chi connectivity index (χ0) is 12.0. The maximum absolute atomic E-state index is 11.8. The Kier molecular flexibility index (Phi) is 5.18. The minimum atomic E-state index is -0.636. The van der Waals surface area contributed by atoms with Crippen molar-refractivity contribution < 1.29 is 14.3 Å². The lowest BCUT2D eigenvalue weighted by molar-refractivity contribution is -0.154. The number of nitrogens with zero attached hydrogens (tertiary/aromatic N) is 1. The number of hydrogen-bond donors (Lipinski definition) is 1. The summed E-state index contributed by atoms with van der Waals surface area (Å²) in [5.74, 6) is -0.217. The number of ether oxygens (including phenoxy) is 2. The van der Waals surface area contributed by atoms with Gasteiger partial charge in [0.25, 0.3) is 0 Å². The predicted octanol–water partition coefficient (Wildman–Crippen LogP) is -0.140. The molecule has 0 aromatic carbocycles. The molecule has 1 saturated heterocycles. The maximum atomic E-state index is 11.8. The summed E-state index contributed by atoms with van der Waals surface area (Å²) < 4.78 is 10.2. The Morgan fingerprint density at radius 1 is 1.56 bits per heavy atom. The molecule has 16 heavy (non-hydrogen) atoms. The number of carbonyl (C=O) groups excluding carboxylic acids is 1. The molecule has 1 atom stereocenters. The molecule has 0 spiro atoms. The zero-order valence-electron chi connectivity index (χ0n) is 10.4. The van der Waals surface area contributed by atoms with E-state index in [4.69, 9.17) is 9.47 Å². The lowest BCUT2D eigenvalue weighted by atomic mass is 9.92. The SMILES string of the molecule is COC(=O)C1(NCCN(C)C)CCCOC1. The van der Waals surface area contributed by atoms with Gasteiger partial charge in [-0.05, 0) is 26.9 Å². The molecule has 1 rings (SSSR count). The summed E-state index contributed by atoms with van der Waals surface area (Å²) in [4.78, 5) is 13.9. The first-order valence-electron chi connectivity index (χ1n) is 5.67. The van der Waals surface area contributed by atoms with E-state index in [-0.39, 0.29) is 5.97 Å². The van der Waals surface area contributed by atoms with Gasteiger partial charge in [0.15, 0.2) is 0 Å². The molecule has 0 bridgehead atoms. The molecule has 5 heteroatoms. The molecule has 1 aliphatic heterocycles. The summed E-state index contributed by atoms with van der Waals surface area (Å²) in [6, 6.07) is 0. The number of likely N-dealkylation sites (N-methyl/N-ethyl adjacent to an activating group) is 1. The summed E-state index contributed by atoms with van der Waals surface area (Å²) in [5.41, 5.74) is -0.636. The van der Waals surface area contributed by atoms with E-state index in [2.05, 4.69) is 10.2 Å². The highest BCUT2D eigenvalue weighted by molar-refractivity contribution is 5.81. The number of hydrogen-bond acceptors (Lipinski definition) is 5. The van der Waals surface area contributed by atoms with Crippen molar-refractivity contribution in [3.05, 3.63) is 0 Å². The van der Waals surface area contributed by atoms with Gasteiger partial charge in [-0.1, -0.05) is 0 Å². The first kappa shape index (κ1) is 13.4. The van der Waals surface area contributed by atoms with Crippen LogP contribution in [-0.4, -0.2) is 63.9 Å². The Morgan fingerprint density at radius 3 is 2.81 bits per heavy atom. The van der Waals surface area contributed by atoms with Crippen LogP contribution in [-0.2, 0) is 14.3 Å². The molecule has 0 aromatic heterocycles. The van der Waals surface area contributed by atoms with Crippen molar-refractivity contribution >= 4 is 5.97 Å². The van der Waals surface area contributed by atoms with Crippen LogP contribution in [0.25, 0.3) is 0 Å². The lowest BCUT2D eigenvalue weighted by Gasteiger charge is -2.35. The van der Waals surface area contributed by atoms with Gasteiger partial charge in [0.05, 0.1) is 13.7 Å². The van der Waals surface area contributed by atoms with E-state index in [0.717, 1.165) is 32.5 Å². The molecule has 0 aromatic rings. The first-order chi connectivity index (χ1) is 7.60. The summed E-state index contributed by atoms with van der Waals surface area (Å²) in [7, 11) is 5.43. The number of carbonyl (C=O) groups is 1. The molecular formula is C11H22N2O3. The summed E-state index contributed by atoms with van der Waals surface area (Å²) in [5, 5.41) is 3.28. The molecule has 0 amide bonds. The van der Waals surface area contributed by atoms with Crippen LogP contribution in [0.5, 0.6) is 0 Å². The average Bonchev–Trinajstić information content (AvgIpc) is 2.28. The fourth-order valence-electron chi connectivity index (χ4n) is 1.88. The Morgan fingerprint density at radius 2 is 2.31 bits per heavy atom. The summed E-state index contributed by atoms with van der Waals surface area (Å²) in [6.07, 6.45) is 1.68. The van der Waals surface area contributed by atoms with E-state index >= 15 is 0 Å². The van der Waals surface area contributed by atoms with E-state index in [1.165, 1.54) is 7.11 Å². The second-order valence-corrected chi connectivity index (χ2v) is 4.46. The molecule has 1 heterocycles. The lowest BCUT2D eigenvalue weighted by Crippen LogP contribution is -2.59. The molecule has 0 radical (unpaired) electrons. The van der Waals surface area contributed by atoms with Crippen LogP contribution in [0.1, 0.15) is 12.8 Å². The minimum absolute atomic E-state index is 0.217. The highest BCUT2D eigenvalue weighted by Gasteiger charge is 2.40. The third-order valence-corrected chi connectivity index (χ3v) is 2.84. The van der Waals surface area contributed by atoms with Crippen molar-refractivity contribution in [3.63, 3.8) is 0 Å². The van der Waals surface area contributed by atoms with E-state index in [0.29, 0.717) is 6.61 Å². The molecule has 1 N–H and O–H groups in total. The quantitative estimate of drug-likeness (QED) is 0.666. The molecule has 0 aliphatic carbocycles. The smallest absolute Gasteiger partial charge is 0.328 e. The van der Waals surface area contributed by atoms with Crippen LogP contribution in [0.2, 0.25) is 0 Å². The number of rotatable bonds is 5. The van der Waals surface area contributed by atoms with Crippen molar-refractivity contribution in [1.82, 2.24) is 10.2 Å². The van der Waals surface area contributed by atoms with Crippen molar-refractivity contribution in [2.75, 3.05) is 47.5 Å². The van der Waals surface area contributed by atoms with Crippen LogP contribution >= 0.6 is 0 Å². The Labute approximate surface area is 97.1 Å². The molecule has 1 fully saturated rings. The van der Waals surface area contributed by atoms with Gasteiger partial charge in [-0.2, -0.15) is 0 Å². The van der Waals surface area contributed by atoms with Gasteiger partial charge in [0.2, 0.25) is 0 Å². The van der Waals surface area contributed by atoms with Crippen LogP contribution in [0.3, 0.4) is 0 Å². The minimum Gasteiger partial charge on any atom is -0.468 e. The molecule has 94 valence electrons. The summed E-state index contributed by atoms with van der Waals surface area (Å²) in [6.45, 7) is 2.78. The van der Waals surface area contributed by atoms with E-state index < -0.39 is 5.54 Å². The Hall–Kier alpha value is -0.650. The predicted molar refractivity (Wildman–Crippen MR) is 61.4 cm³/mol. The van der Waals surface area contributed by atoms with Crippen LogP contribution in [0.4, 0.5) is 0 Å². The highest BCUT2D eigenvalue weighted by atomic mass is 16.5. The fourth-order valence-corrected chi connectivity index (χ4v) is 1.88. The molecular weight excluding hydrogens is 208 g/mol. The zero-order valence-corrected chi connectivity index (χ0v) is 10.4. The van der Waals surface area contributed by atoms with E-state index in [1.54, 1.807) is 0 Å². The van der Waals surface area contributed by atoms with Gasteiger partial charge in [0.1, 0.15) is 5.54 Å². The van der Waals surface area contributed by atoms with E-state index in [1.807, 2.05) is 14.1 Å². The van der Waals surface area contributed by atoms with Crippen molar-refractivity contribution in [2.24, 2.45) is 0 Å². The Balaban J connectivity index is 2.52. The van der Waals surface area contributed by atoms with Crippen molar-refractivity contribution in [1.29, 1.82) is 0 Å². The monoisotopic (exact) mass is 230 g/mol. The van der Waals surface area contributed by atoms with E-state index in [9.17, 15) is 4.79 Å². The normalized spacial score (nSPS) is 25.8. The fraction of sp³-hybridized carbons (Fsp3) is 0.909. The van der Waals surface area contributed by atoms with Gasteiger partial charge in [0, 0.05) is 19.7 Å². The van der Waals surface area contributed by atoms with Crippen LogP contribution in [0.15, 0.2) is 0 Å². The van der Waals surface area contributed by atoms with Crippen molar-refractivity contribution in [3.8, 4) is 0 Å². The first-order valence-corrected chi connectivity index (χ1v) is 5.67. The van der Waals surface area contributed by atoms with Crippen LogP contribution < -0.4 is 5.32 Å². The molecule has 1 unspecified atom stereocenters. The Bertz CT molecular complexity index is 225. The van der Waals surface area contributed by atoms with Gasteiger partial charge in [-0.3, -0.25) is 5.32 Å². The number of esters is 1. The molecule has 5 nitrogen and oxygen atoms in total. The van der Waals surface area contributed by atoms with Crippen molar-refractivity contribution in [2.45, 2.75) is 18.4 Å². The van der Waals surface area contributed by atoms with Gasteiger partial charge in [-0.25, -0.2) is 4.79 Å². The average molecular weight is 230 g/mol. The molecule has 1 aliphatic rings. The van der Waals surface area contributed by atoms with Gasteiger partial charge < -0.3 is 14.4 Å². The standard InChI is InChI=1S/C11H22N2O3/c1-13(2)7-6-12-11(10(14)15-3)5-4-8-16-9-11/h12H,4-9H2,1-3H3. The maximum Gasteiger partial charge on any atom is 0.328 e. The second kappa shape index (κ2) is 6.18. The van der Waals surface area contributed by atoms with Gasteiger partial charge >= 0.3 is 5.97 Å².